The second-order valence-corrected chi connectivity index (χ2v) is 4.68. The molecule has 0 aliphatic heterocycles. The first kappa shape index (κ1) is 18.6. The number of amides is 2. The van der Waals surface area contributed by atoms with Gasteiger partial charge in [0.05, 0.1) is 21.3 Å². The monoisotopic (exact) mass is 326 g/mol. The molecule has 0 radical (unpaired) electrons. The van der Waals surface area contributed by atoms with E-state index in [1.165, 1.54) is 21.3 Å². The molecule has 0 aliphatic rings. The molecule has 0 heterocycles. The topological polar surface area (TPSA) is 103 Å². The van der Waals surface area contributed by atoms with Gasteiger partial charge in [0.1, 0.15) is 0 Å². The predicted molar refractivity (Wildman–Crippen MR) is 83.7 cm³/mol. The predicted octanol–water partition coefficient (Wildman–Crippen LogP) is -1.36. The zero-order chi connectivity index (χ0) is 17.2. The quantitative estimate of drug-likeness (QED) is 0.520. The molecule has 8 nitrogen and oxygen atoms in total. The number of nitrogens with two attached hydrogens (primary N) is 1. The van der Waals surface area contributed by atoms with Crippen molar-refractivity contribution in [1.82, 2.24) is 10.6 Å². The fraction of sp³-hybridized carbons (Fsp3) is 0.467. The van der Waals surface area contributed by atoms with E-state index in [1.807, 2.05) is 0 Å². The minimum absolute atomic E-state index is 0.123. The largest absolute Gasteiger partial charge is 0.493 e. The average molecular weight is 326 g/mol. The van der Waals surface area contributed by atoms with Crippen molar-refractivity contribution in [2.24, 2.45) is 0 Å². The number of ether oxygens (including phenoxy) is 3. The zero-order valence-corrected chi connectivity index (χ0v) is 13.9. The molecule has 128 valence electrons. The van der Waals surface area contributed by atoms with E-state index in [2.05, 4.69) is 10.6 Å². The summed E-state index contributed by atoms with van der Waals surface area (Å²) in [7, 11) is 6.16. The second kappa shape index (κ2) is 9.52. The van der Waals surface area contributed by atoms with E-state index in [9.17, 15) is 9.59 Å². The van der Waals surface area contributed by atoms with Crippen LogP contribution >= 0.6 is 0 Å². The van der Waals surface area contributed by atoms with Crippen molar-refractivity contribution < 1.29 is 29.1 Å². The molecule has 0 aromatic heterocycles. The van der Waals surface area contributed by atoms with E-state index in [0.29, 0.717) is 23.8 Å². The van der Waals surface area contributed by atoms with Crippen LogP contribution in [0.4, 0.5) is 0 Å². The SMILES string of the molecule is CNC(=O)C[NH2+]CC(=O)NCc1cc(OC)c(OC)c(OC)c1. The highest BCUT2D eigenvalue weighted by Crippen LogP contribution is 2.38. The van der Waals surface area contributed by atoms with Crippen molar-refractivity contribution in [1.29, 1.82) is 0 Å². The summed E-state index contributed by atoms with van der Waals surface area (Å²) in [6, 6.07) is 3.55. The maximum absolute atomic E-state index is 11.8. The molecule has 1 rings (SSSR count). The Morgan fingerprint density at radius 1 is 1.00 bits per heavy atom. The van der Waals surface area contributed by atoms with Crippen LogP contribution in [0.1, 0.15) is 5.56 Å². The number of quaternary nitrogens is 1. The molecule has 0 saturated heterocycles. The Hall–Kier alpha value is -2.48. The van der Waals surface area contributed by atoms with Gasteiger partial charge >= 0.3 is 0 Å². The average Bonchev–Trinajstić information content (AvgIpc) is 2.58. The maximum Gasteiger partial charge on any atom is 0.275 e. The minimum atomic E-state index is -0.164. The summed E-state index contributed by atoms with van der Waals surface area (Å²) >= 11 is 0. The molecule has 0 bridgehead atoms. The Morgan fingerprint density at radius 3 is 2.04 bits per heavy atom. The summed E-state index contributed by atoms with van der Waals surface area (Å²) in [6.45, 7) is 0.718. The first-order valence-electron chi connectivity index (χ1n) is 7.13. The Labute approximate surface area is 135 Å². The highest BCUT2D eigenvalue weighted by molar-refractivity contribution is 5.78. The molecular formula is C15H24N3O5+. The number of carbonyl (C=O) groups is 2. The van der Waals surface area contributed by atoms with E-state index in [-0.39, 0.29) is 24.9 Å². The lowest BCUT2D eigenvalue weighted by molar-refractivity contribution is -0.633. The lowest BCUT2D eigenvalue weighted by Gasteiger charge is -2.14. The van der Waals surface area contributed by atoms with Crippen molar-refractivity contribution >= 4 is 11.8 Å². The highest BCUT2D eigenvalue weighted by atomic mass is 16.5. The van der Waals surface area contributed by atoms with Crippen LogP contribution in [-0.2, 0) is 16.1 Å². The molecule has 1 aromatic rings. The Morgan fingerprint density at radius 2 is 1.57 bits per heavy atom. The molecule has 23 heavy (non-hydrogen) atoms. The van der Waals surface area contributed by atoms with Gasteiger partial charge in [0.25, 0.3) is 11.8 Å². The van der Waals surface area contributed by atoms with Gasteiger partial charge in [-0.25, -0.2) is 0 Å². The summed E-state index contributed by atoms with van der Waals surface area (Å²) in [5, 5.41) is 6.90. The van der Waals surface area contributed by atoms with Crippen LogP contribution < -0.4 is 30.2 Å². The molecule has 0 fully saturated rings. The standard InChI is InChI=1S/C15H23N3O5/c1-16-13(19)8-17-9-14(20)18-7-10-5-11(21-2)15(23-4)12(6-10)22-3/h5-6,17H,7-9H2,1-4H3,(H,16,19)(H,18,20)/p+1. The van der Waals surface area contributed by atoms with Crippen LogP contribution in [0.5, 0.6) is 17.2 Å². The van der Waals surface area contributed by atoms with Gasteiger partial charge in [-0.05, 0) is 17.7 Å². The van der Waals surface area contributed by atoms with E-state index in [1.54, 1.807) is 24.5 Å². The summed E-state index contributed by atoms with van der Waals surface area (Å²) in [4.78, 5) is 22.8. The lowest BCUT2D eigenvalue weighted by atomic mass is 10.1. The lowest BCUT2D eigenvalue weighted by Crippen LogP contribution is -2.88. The normalized spacial score (nSPS) is 9.91. The van der Waals surface area contributed by atoms with E-state index >= 15 is 0 Å². The molecule has 0 saturated carbocycles. The fourth-order valence-corrected chi connectivity index (χ4v) is 1.95. The molecule has 2 amide bonds. The van der Waals surface area contributed by atoms with Gasteiger partial charge in [-0.15, -0.1) is 0 Å². The molecule has 1 aromatic carbocycles. The van der Waals surface area contributed by atoms with Crippen molar-refractivity contribution in [3.63, 3.8) is 0 Å². The summed E-state index contributed by atoms with van der Waals surface area (Å²) < 4.78 is 15.8. The van der Waals surface area contributed by atoms with Crippen LogP contribution in [0.25, 0.3) is 0 Å². The second-order valence-electron chi connectivity index (χ2n) is 4.68. The third kappa shape index (κ3) is 5.67. The van der Waals surface area contributed by atoms with Crippen LogP contribution in [0.2, 0.25) is 0 Å². The minimum Gasteiger partial charge on any atom is -0.493 e. The molecule has 0 unspecified atom stereocenters. The number of nitrogens with one attached hydrogen (secondary N) is 2. The Bertz CT molecular complexity index is 523. The van der Waals surface area contributed by atoms with Gasteiger partial charge in [-0.3, -0.25) is 9.59 Å². The van der Waals surface area contributed by atoms with E-state index < -0.39 is 0 Å². The highest BCUT2D eigenvalue weighted by Gasteiger charge is 2.14. The van der Waals surface area contributed by atoms with Crippen molar-refractivity contribution in [2.45, 2.75) is 6.54 Å². The van der Waals surface area contributed by atoms with Gasteiger partial charge in [0.2, 0.25) is 5.75 Å². The van der Waals surface area contributed by atoms with Gasteiger partial charge < -0.3 is 30.2 Å². The molecule has 4 N–H and O–H groups in total. The molecule has 0 spiro atoms. The Kier molecular flexibility index (Phi) is 7.69. The van der Waals surface area contributed by atoms with Crippen molar-refractivity contribution in [3.05, 3.63) is 17.7 Å². The van der Waals surface area contributed by atoms with Crippen LogP contribution in [0.3, 0.4) is 0 Å². The first-order valence-corrected chi connectivity index (χ1v) is 7.13. The van der Waals surface area contributed by atoms with Crippen LogP contribution in [0.15, 0.2) is 12.1 Å². The number of hydrogen-bond acceptors (Lipinski definition) is 5. The molecule has 0 aliphatic carbocycles. The van der Waals surface area contributed by atoms with E-state index in [4.69, 9.17) is 14.2 Å². The van der Waals surface area contributed by atoms with E-state index in [0.717, 1.165) is 5.56 Å². The van der Waals surface area contributed by atoms with Gasteiger partial charge in [0, 0.05) is 13.6 Å². The van der Waals surface area contributed by atoms with Gasteiger partial charge in [-0.1, -0.05) is 0 Å². The third-order valence-corrected chi connectivity index (χ3v) is 3.15. The number of hydrogen-bond donors (Lipinski definition) is 3. The molecule has 8 heteroatoms. The van der Waals surface area contributed by atoms with Crippen LogP contribution in [-0.4, -0.2) is 53.3 Å². The molecule has 0 atom stereocenters. The number of carbonyl (C=O) groups excluding carboxylic acids is 2. The number of methoxy groups -OCH3 is 3. The smallest absolute Gasteiger partial charge is 0.275 e. The van der Waals surface area contributed by atoms with Crippen molar-refractivity contribution in [2.75, 3.05) is 41.5 Å². The van der Waals surface area contributed by atoms with Gasteiger partial charge in [0.15, 0.2) is 24.6 Å². The first-order chi connectivity index (χ1) is 11.0. The summed E-state index contributed by atoms with van der Waals surface area (Å²) in [5.74, 6) is 1.28. The number of likely N-dealkylation sites (N-methyl/N-ethyl adjacent to an activating group) is 1. The number of rotatable bonds is 9. The molecular weight excluding hydrogens is 302 g/mol. The summed E-state index contributed by atoms with van der Waals surface area (Å²) in [5.41, 5.74) is 0.819. The van der Waals surface area contributed by atoms with Crippen LogP contribution in [0, 0.1) is 0 Å². The maximum atomic E-state index is 11.8. The fourth-order valence-electron chi connectivity index (χ4n) is 1.95. The third-order valence-electron chi connectivity index (χ3n) is 3.15. The zero-order valence-electron chi connectivity index (χ0n) is 13.9. The van der Waals surface area contributed by atoms with Gasteiger partial charge in [-0.2, -0.15) is 0 Å². The number of benzene rings is 1. The summed E-state index contributed by atoms with van der Waals surface area (Å²) in [6.07, 6.45) is 0. The Balaban J connectivity index is 2.60. The van der Waals surface area contributed by atoms with Crippen molar-refractivity contribution in [3.8, 4) is 17.2 Å².